The fourth-order valence-corrected chi connectivity index (χ4v) is 3.10. The van der Waals surface area contributed by atoms with E-state index in [9.17, 15) is 5.11 Å². The van der Waals surface area contributed by atoms with Crippen LogP contribution in [0, 0.1) is 0 Å². The van der Waals surface area contributed by atoms with Gasteiger partial charge in [0, 0.05) is 12.1 Å². The Balaban J connectivity index is 1.84. The maximum absolute atomic E-state index is 10.6. The van der Waals surface area contributed by atoms with Crippen LogP contribution >= 0.6 is 0 Å². The summed E-state index contributed by atoms with van der Waals surface area (Å²) in [5.41, 5.74) is -0.414. The third-order valence-electron chi connectivity index (χ3n) is 4.05. The SMILES string of the molecule is CCNC1CCC(O)(C2CCCN2)CC1. The lowest BCUT2D eigenvalue weighted by molar-refractivity contribution is -0.0312. The summed E-state index contributed by atoms with van der Waals surface area (Å²) >= 11 is 0. The van der Waals surface area contributed by atoms with Gasteiger partial charge in [0.05, 0.1) is 5.60 Å². The van der Waals surface area contributed by atoms with Gasteiger partial charge in [-0.05, 0) is 51.6 Å². The van der Waals surface area contributed by atoms with Gasteiger partial charge in [-0.1, -0.05) is 6.92 Å². The van der Waals surface area contributed by atoms with E-state index < -0.39 is 5.60 Å². The van der Waals surface area contributed by atoms with Gasteiger partial charge in [0.2, 0.25) is 0 Å². The molecule has 88 valence electrons. The summed E-state index contributed by atoms with van der Waals surface area (Å²) in [5, 5.41) is 17.5. The standard InChI is InChI=1S/C12H24N2O/c1-2-13-10-5-7-12(15,8-6-10)11-4-3-9-14-11/h10-11,13-15H,2-9H2,1H3. The molecule has 3 heteroatoms. The van der Waals surface area contributed by atoms with E-state index in [1.165, 1.54) is 6.42 Å². The molecule has 2 aliphatic rings. The van der Waals surface area contributed by atoms with E-state index in [4.69, 9.17) is 0 Å². The van der Waals surface area contributed by atoms with Gasteiger partial charge in [-0.2, -0.15) is 0 Å². The van der Waals surface area contributed by atoms with Crippen molar-refractivity contribution in [2.45, 2.75) is 63.1 Å². The second-order valence-corrected chi connectivity index (χ2v) is 5.08. The van der Waals surface area contributed by atoms with Gasteiger partial charge in [-0.25, -0.2) is 0 Å². The van der Waals surface area contributed by atoms with Crippen LogP contribution in [0.5, 0.6) is 0 Å². The first kappa shape index (κ1) is 11.4. The lowest BCUT2D eigenvalue weighted by atomic mass is 9.77. The van der Waals surface area contributed by atoms with E-state index in [0.717, 1.165) is 45.2 Å². The van der Waals surface area contributed by atoms with Crippen LogP contribution in [0.1, 0.15) is 45.4 Å². The molecule has 1 saturated heterocycles. The first-order valence-electron chi connectivity index (χ1n) is 6.44. The maximum Gasteiger partial charge on any atom is 0.0801 e. The Morgan fingerprint density at radius 3 is 2.60 bits per heavy atom. The third-order valence-corrected chi connectivity index (χ3v) is 4.05. The molecule has 1 aliphatic heterocycles. The molecule has 3 N–H and O–H groups in total. The number of aliphatic hydroxyl groups is 1. The predicted molar refractivity (Wildman–Crippen MR) is 61.9 cm³/mol. The Labute approximate surface area is 92.6 Å². The van der Waals surface area contributed by atoms with Gasteiger partial charge in [0.25, 0.3) is 0 Å². The van der Waals surface area contributed by atoms with Crippen LogP contribution in [0.25, 0.3) is 0 Å². The third kappa shape index (κ3) is 2.52. The molecule has 1 atom stereocenters. The van der Waals surface area contributed by atoms with Crippen molar-refractivity contribution in [3.05, 3.63) is 0 Å². The van der Waals surface area contributed by atoms with E-state index in [2.05, 4.69) is 17.6 Å². The minimum absolute atomic E-state index is 0.361. The average molecular weight is 212 g/mol. The Hall–Kier alpha value is -0.120. The predicted octanol–water partition coefficient (Wildman–Crippen LogP) is 1.02. The number of nitrogens with one attached hydrogen (secondary N) is 2. The molecule has 0 amide bonds. The summed E-state index contributed by atoms with van der Waals surface area (Å²) in [6.45, 7) is 4.29. The molecule has 0 bridgehead atoms. The van der Waals surface area contributed by atoms with Crippen LogP contribution in [0.2, 0.25) is 0 Å². The zero-order chi connectivity index (χ0) is 10.7. The molecule has 1 heterocycles. The first-order valence-corrected chi connectivity index (χ1v) is 6.44. The van der Waals surface area contributed by atoms with Crippen LogP contribution in [-0.4, -0.2) is 35.9 Å². The van der Waals surface area contributed by atoms with E-state index in [-0.39, 0.29) is 0 Å². The molecule has 0 aromatic heterocycles. The second kappa shape index (κ2) is 4.81. The molecule has 2 rings (SSSR count). The molecule has 1 saturated carbocycles. The lowest BCUT2D eigenvalue weighted by Gasteiger charge is -2.40. The second-order valence-electron chi connectivity index (χ2n) is 5.08. The van der Waals surface area contributed by atoms with E-state index in [1.807, 2.05) is 0 Å². The lowest BCUT2D eigenvalue weighted by Crippen LogP contribution is -2.52. The quantitative estimate of drug-likeness (QED) is 0.654. The van der Waals surface area contributed by atoms with Gasteiger partial charge < -0.3 is 15.7 Å². The molecular weight excluding hydrogens is 188 g/mol. The summed E-state index contributed by atoms with van der Waals surface area (Å²) in [6, 6.07) is 0.997. The normalized spacial score (nSPS) is 42.0. The van der Waals surface area contributed by atoms with Crippen molar-refractivity contribution < 1.29 is 5.11 Å². The summed E-state index contributed by atoms with van der Waals surface area (Å²) in [6.07, 6.45) is 6.56. The van der Waals surface area contributed by atoms with Crippen LogP contribution < -0.4 is 10.6 Å². The first-order chi connectivity index (χ1) is 7.24. The van der Waals surface area contributed by atoms with Gasteiger partial charge in [-0.15, -0.1) is 0 Å². The van der Waals surface area contributed by atoms with Crippen LogP contribution in [-0.2, 0) is 0 Å². The van der Waals surface area contributed by atoms with Crippen LogP contribution in [0.3, 0.4) is 0 Å². The molecule has 15 heavy (non-hydrogen) atoms. The van der Waals surface area contributed by atoms with E-state index in [0.29, 0.717) is 12.1 Å². The topological polar surface area (TPSA) is 44.3 Å². The molecule has 1 unspecified atom stereocenters. The highest BCUT2D eigenvalue weighted by Gasteiger charge is 2.40. The van der Waals surface area contributed by atoms with Gasteiger partial charge in [-0.3, -0.25) is 0 Å². The average Bonchev–Trinajstić information content (AvgIpc) is 2.76. The molecule has 1 aliphatic carbocycles. The van der Waals surface area contributed by atoms with E-state index in [1.54, 1.807) is 0 Å². The van der Waals surface area contributed by atoms with Crippen LogP contribution in [0.4, 0.5) is 0 Å². The number of hydrogen-bond acceptors (Lipinski definition) is 3. The monoisotopic (exact) mass is 212 g/mol. The largest absolute Gasteiger partial charge is 0.388 e. The molecular formula is C12H24N2O. The molecule has 0 aromatic rings. The highest BCUT2D eigenvalue weighted by Crippen LogP contribution is 2.34. The van der Waals surface area contributed by atoms with Crippen molar-refractivity contribution in [1.29, 1.82) is 0 Å². The minimum atomic E-state index is -0.414. The molecule has 0 radical (unpaired) electrons. The Bertz CT molecular complexity index is 194. The fraction of sp³-hybridized carbons (Fsp3) is 1.00. The van der Waals surface area contributed by atoms with Crippen molar-refractivity contribution in [1.82, 2.24) is 10.6 Å². The van der Waals surface area contributed by atoms with Crippen LogP contribution in [0.15, 0.2) is 0 Å². The van der Waals surface area contributed by atoms with Gasteiger partial charge in [0.15, 0.2) is 0 Å². The number of rotatable bonds is 3. The summed E-state index contributed by atoms with van der Waals surface area (Å²) < 4.78 is 0. The fourth-order valence-electron chi connectivity index (χ4n) is 3.10. The molecule has 0 spiro atoms. The Kier molecular flexibility index (Phi) is 3.65. The van der Waals surface area contributed by atoms with E-state index >= 15 is 0 Å². The summed E-state index contributed by atoms with van der Waals surface area (Å²) in [4.78, 5) is 0. The van der Waals surface area contributed by atoms with Crippen molar-refractivity contribution in [3.8, 4) is 0 Å². The van der Waals surface area contributed by atoms with Crippen molar-refractivity contribution >= 4 is 0 Å². The molecule has 2 fully saturated rings. The van der Waals surface area contributed by atoms with Crippen molar-refractivity contribution in [2.75, 3.05) is 13.1 Å². The summed E-state index contributed by atoms with van der Waals surface area (Å²) in [7, 11) is 0. The Morgan fingerprint density at radius 1 is 1.33 bits per heavy atom. The van der Waals surface area contributed by atoms with Crippen molar-refractivity contribution in [2.24, 2.45) is 0 Å². The molecule has 0 aromatic carbocycles. The molecule has 3 nitrogen and oxygen atoms in total. The summed E-state index contributed by atoms with van der Waals surface area (Å²) in [5.74, 6) is 0. The van der Waals surface area contributed by atoms with Gasteiger partial charge >= 0.3 is 0 Å². The maximum atomic E-state index is 10.6. The zero-order valence-electron chi connectivity index (χ0n) is 9.76. The minimum Gasteiger partial charge on any atom is -0.388 e. The zero-order valence-corrected chi connectivity index (χ0v) is 9.76. The van der Waals surface area contributed by atoms with Gasteiger partial charge in [0.1, 0.15) is 0 Å². The smallest absolute Gasteiger partial charge is 0.0801 e. The highest BCUT2D eigenvalue weighted by molar-refractivity contribution is 4.98. The Morgan fingerprint density at radius 2 is 2.07 bits per heavy atom. The van der Waals surface area contributed by atoms with Crippen molar-refractivity contribution in [3.63, 3.8) is 0 Å². The highest BCUT2D eigenvalue weighted by atomic mass is 16.3. The number of hydrogen-bond donors (Lipinski definition) is 3.